The number of carbonyl (C=O) groups excluding carboxylic acids is 1. The van der Waals surface area contributed by atoms with Crippen LogP contribution in [-0.2, 0) is 11.0 Å². The first-order valence-electron chi connectivity index (χ1n) is 8.54. The van der Waals surface area contributed by atoms with Crippen molar-refractivity contribution in [2.45, 2.75) is 11.3 Å². The summed E-state index contributed by atoms with van der Waals surface area (Å²) in [6.07, 6.45) is -4.61. The highest BCUT2D eigenvalue weighted by Gasteiger charge is 2.34. The number of carbonyl (C=O) groups is 1. The average molecular weight is 431 g/mol. The number of nitrogens with zero attached hydrogens (tertiary/aromatic N) is 4. The molecule has 1 aromatic carbocycles. The fourth-order valence-electron chi connectivity index (χ4n) is 2.68. The van der Waals surface area contributed by atoms with Gasteiger partial charge in [-0.05, 0) is 25.2 Å². The molecule has 1 aromatic heterocycles. The molecule has 1 saturated heterocycles. The maximum atomic E-state index is 13.3. The van der Waals surface area contributed by atoms with Gasteiger partial charge < -0.3 is 9.80 Å². The zero-order valence-corrected chi connectivity index (χ0v) is 16.6. The third kappa shape index (κ3) is 5.36. The van der Waals surface area contributed by atoms with Gasteiger partial charge in [-0.15, -0.1) is 0 Å². The minimum absolute atomic E-state index is 0.00885. The summed E-state index contributed by atoms with van der Waals surface area (Å²) in [5.74, 6) is -0.141. The molecular formula is C18H18ClF3N4OS. The topological polar surface area (TPSA) is 49.3 Å². The summed E-state index contributed by atoms with van der Waals surface area (Å²) in [6.45, 7) is 2.76. The smallest absolute Gasteiger partial charge is 0.339 e. The highest BCUT2D eigenvalue weighted by Crippen LogP contribution is 2.32. The van der Waals surface area contributed by atoms with Crippen molar-refractivity contribution >= 4 is 29.3 Å². The van der Waals surface area contributed by atoms with E-state index >= 15 is 0 Å². The summed E-state index contributed by atoms with van der Waals surface area (Å²) >= 11 is 6.75. The van der Waals surface area contributed by atoms with Crippen LogP contribution in [0.25, 0.3) is 11.3 Å². The van der Waals surface area contributed by atoms with Crippen LogP contribution < -0.4 is 0 Å². The molecule has 0 atom stereocenters. The Hall–Kier alpha value is -1.84. The first-order chi connectivity index (χ1) is 13.2. The molecule has 0 saturated carbocycles. The standard InChI is InChI=1S/C18H18ClF3N4OS/c1-25-6-8-26(9-7-25)16(27)11-28-17-23-14(10-15(24-17)18(20,21)22)12-2-4-13(19)5-3-12/h2-5,10H,6-9,11H2,1H3. The van der Waals surface area contributed by atoms with E-state index in [1.807, 2.05) is 7.05 Å². The summed E-state index contributed by atoms with van der Waals surface area (Å²) in [7, 11) is 1.98. The van der Waals surface area contributed by atoms with E-state index in [-0.39, 0.29) is 22.5 Å². The monoisotopic (exact) mass is 430 g/mol. The number of amides is 1. The van der Waals surface area contributed by atoms with E-state index in [1.165, 1.54) is 0 Å². The molecule has 10 heteroatoms. The van der Waals surface area contributed by atoms with Crippen LogP contribution >= 0.6 is 23.4 Å². The number of hydrogen-bond acceptors (Lipinski definition) is 5. The van der Waals surface area contributed by atoms with Crippen LogP contribution in [0.1, 0.15) is 5.69 Å². The van der Waals surface area contributed by atoms with E-state index in [2.05, 4.69) is 14.9 Å². The van der Waals surface area contributed by atoms with Crippen LogP contribution in [0.3, 0.4) is 0 Å². The molecule has 0 radical (unpaired) electrons. The fourth-order valence-corrected chi connectivity index (χ4v) is 3.56. The molecule has 3 rings (SSSR count). The molecular weight excluding hydrogens is 413 g/mol. The predicted octanol–water partition coefficient (Wildman–Crippen LogP) is 3.68. The number of aromatic nitrogens is 2. The Bertz CT molecular complexity index is 840. The van der Waals surface area contributed by atoms with Gasteiger partial charge in [0.25, 0.3) is 0 Å². The lowest BCUT2D eigenvalue weighted by Gasteiger charge is -2.32. The average Bonchev–Trinajstić information content (AvgIpc) is 2.66. The van der Waals surface area contributed by atoms with Crippen LogP contribution in [-0.4, -0.2) is 64.7 Å². The lowest BCUT2D eigenvalue weighted by atomic mass is 10.1. The summed E-state index contributed by atoms with van der Waals surface area (Å²) in [6, 6.07) is 7.24. The fraction of sp³-hybridized carbons (Fsp3) is 0.389. The Morgan fingerprint density at radius 1 is 1.14 bits per heavy atom. The van der Waals surface area contributed by atoms with E-state index in [9.17, 15) is 18.0 Å². The van der Waals surface area contributed by atoms with Gasteiger partial charge in [0.05, 0.1) is 11.4 Å². The molecule has 28 heavy (non-hydrogen) atoms. The SMILES string of the molecule is CN1CCN(C(=O)CSc2nc(-c3ccc(Cl)cc3)cc(C(F)(F)F)n2)CC1. The van der Waals surface area contributed by atoms with Crippen molar-refractivity contribution in [2.24, 2.45) is 0 Å². The van der Waals surface area contributed by atoms with Gasteiger partial charge in [-0.3, -0.25) is 4.79 Å². The van der Waals surface area contributed by atoms with Crippen LogP contribution in [0.4, 0.5) is 13.2 Å². The highest BCUT2D eigenvalue weighted by atomic mass is 35.5. The molecule has 1 fully saturated rings. The number of hydrogen-bond donors (Lipinski definition) is 0. The molecule has 0 N–H and O–H groups in total. The molecule has 1 aliphatic rings. The van der Waals surface area contributed by atoms with Gasteiger partial charge in [-0.1, -0.05) is 35.5 Å². The summed E-state index contributed by atoms with van der Waals surface area (Å²) in [4.78, 5) is 24.0. The minimum atomic E-state index is -4.61. The van der Waals surface area contributed by atoms with Crippen molar-refractivity contribution in [3.05, 3.63) is 41.0 Å². The first kappa shape index (κ1) is 20.9. The van der Waals surface area contributed by atoms with Crippen LogP contribution in [0.2, 0.25) is 5.02 Å². The zero-order valence-electron chi connectivity index (χ0n) is 15.0. The quantitative estimate of drug-likeness (QED) is 0.547. The third-order valence-corrected chi connectivity index (χ3v) is 5.40. The molecule has 2 heterocycles. The Morgan fingerprint density at radius 3 is 2.39 bits per heavy atom. The van der Waals surface area contributed by atoms with Gasteiger partial charge in [-0.25, -0.2) is 9.97 Å². The second-order valence-electron chi connectivity index (χ2n) is 6.40. The van der Waals surface area contributed by atoms with Gasteiger partial charge in [0.15, 0.2) is 5.16 Å². The van der Waals surface area contributed by atoms with Crippen molar-refractivity contribution in [2.75, 3.05) is 39.0 Å². The molecule has 2 aromatic rings. The van der Waals surface area contributed by atoms with Crippen molar-refractivity contribution in [3.63, 3.8) is 0 Å². The molecule has 150 valence electrons. The van der Waals surface area contributed by atoms with Gasteiger partial charge in [0.1, 0.15) is 5.69 Å². The Kier molecular flexibility index (Phi) is 6.47. The van der Waals surface area contributed by atoms with E-state index in [1.54, 1.807) is 29.2 Å². The molecule has 1 aliphatic heterocycles. The van der Waals surface area contributed by atoms with E-state index in [4.69, 9.17) is 11.6 Å². The largest absolute Gasteiger partial charge is 0.433 e. The van der Waals surface area contributed by atoms with Crippen LogP contribution in [0.15, 0.2) is 35.5 Å². The third-order valence-electron chi connectivity index (χ3n) is 4.32. The van der Waals surface area contributed by atoms with Crippen molar-refractivity contribution in [1.82, 2.24) is 19.8 Å². The number of piperazine rings is 1. The number of likely N-dealkylation sites (N-methyl/N-ethyl adjacent to an activating group) is 1. The van der Waals surface area contributed by atoms with Crippen molar-refractivity contribution < 1.29 is 18.0 Å². The maximum absolute atomic E-state index is 13.3. The van der Waals surface area contributed by atoms with Crippen LogP contribution in [0.5, 0.6) is 0 Å². The van der Waals surface area contributed by atoms with Gasteiger partial charge in [0.2, 0.25) is 5.91 Å². The summed E-state index contributed by atoms with van der Waals surface area (Å²) in [5.41, 5.74) is -0.417. The maximum Gasteiger partial charge on any atom is 0.433 e. The van der Waals surface area contributed by atoms with Gasteiger partial charge in [-0.2, -0.15) is 13.2 Å². The number of rotatable bonds is 4. The molecule has 0 spiro atoms. The Labute approximate surface area is 169 Å². The lowest BCUT2D eigenvalue weighted by Crippen LogP contribution is -2.47. The number of halogens is 4. The highest BCUT2D eigenvalue weighted by molar-refractivity contribution is 7.99. The van der Waals surface area contributed by atoms with Crippen LogP contribution in [0, 0.1) is 0 Å². The summed E-state index contributed by atoms with van der Waals surface area (Å²) in [5, 5.41) is 0.392. The second-order valence-corrected chi connectivity index (χ2v) is 7.78. The van der Waals surface area contributed by atoms with Gasteiger partial charge >= 0.3 is 6.18 Å². The zero-order chi connectivity index (χ0) is 20.3. The Morgan fingerprint density at radius 2 is 1.79 bits per heavy atom. The molecule has 0 bridgehead atoms. The van der Waals surface area contributed by atoms with Gasteiger partial charge in [0, 0.05) is 36.8 Å². The normalized spacial score (nSPS) is 15.7. The van der Waals surface area contributed by atoms with Crippen molar-refractivity contribution in [3.8, 4) is 11.3 Å². The first-order valence-corrected chi connectivity index (χ1v) is 9.90. The Balaban J connectivity index is 1.78. The van der Waals surface area contributed by atoms with E-state index in [0.717, 1.165) is 30.9 Å². The second kappa shape index (κ2) is 8.67. The summed E-state index contributed by atoms with van der Waals surface area (Å²) < 4.78 is 39.8. The van der Waals surface area contributed by atoms with Crippen molar-refractivity contribution in [1.29, 1.82) is 0 Å². The minimum Gasteiger partial charge on any atom is -0.339 e. The molecule has 5 nitrogen and oxygen atoms in total. The molecule has 0 unspecified atom stereocenters. The molecule has 1 amide bonds. The lowest BCUT2D eigenvalue weighted by molar-refractivity contribution is -0.141. The van der Waals surface area contributed by atoms with E-state index in [0.29, 0.717) is 23.7 Å². The predicted molar refractivity (Wildman–Crippen MR) is 102 cm³/mol. The number of alkyl halides is 3. The number of thioether (sulfide) groups is 1. The number of benzene rings is 1. The molecule has 0 aliphatic carbocycles. The van der Waals surface area contributed by atoms with E-state index < -0.39 is 11.9 Å².